The van der Waals surface area contributed by atoms with Crippen LogP contribution in [0.1, 0.15) is 5.56 Å². The van der Waals surface area contributed by atoms with Gasteiger partial charge in [-0.2, -0.15) is 13.2 Å². The quantitative estimate of drug-likeness (QED) is 0.602. The molecular formula is C18H18BrF3N2O. The summed E-state index contributed by atoms with van der Waals surface area (Å²) in [6, 6.07) is 7.63. The first kappa shape index (κ1) is 19.3. The number of amides is 1. The molecule has 1 amide bonds. The largest absolute Gasteiger partial charge is 0.471 e. The maximum Gasteiger partial charge on any atom is 0.471 e. The van der Waals surface area contributed by atoms with Crippen LogP contribution in [0.5, 0.6) is 0 Å². The molecule has 134 valence electrons. The maximum absolute atomic E-state index is 12.7. The van der Waals surface area contributed by atoms with E-state index in [1.54, 1.807) is 6.08 Å². The zero-order valence-corrected chi connectivity index (χ0v) is 15.1. The van der Waals surface area contributed by atoms with Gasteiger partial charge in [0.15, 0.2) is 0 Å². The first-order valence-corrected chi connectivity index (χ1v) is 8.44. The molecule has 0 unspecified atom stereocenters. The summed E-state index contributed by atoms with van der Waals surface area (Å²) in [7, 11) is 0. The molecule has 2 rings (SSSR count). The van der Waals surface area contributed by atoms with Gasteiger partial charge in [-0.1, -0.05) is 30.4 Å². The third-order valence-corrected chi connectivity index (χ3v) is 4.74. The molecule has 1 aromatic heterocycles. The molecule has 2 aromatic rings. The third kappa shape index (κ3) is 4.15. The van der Waals surface area contributed by atoms with Gasteiger partial charge in [-0.15, -0.1) is 13.2 Å². The second-order valence-electron chi connectivity index (χ2n) is 5.47. The van der Waals surface area contributed by atoms with E-state index in [1.807, 2.05) is 28.8 Å². The highest BCUT2D eigenvalue weighted by Crippen LogP contribution is 2.31. The average molecular weight is 415 g/mol. The van der Waals surface area contributed by atoms with Crippen LogP contribution in [-0.2, 0) is 17.8 Å². The topological polar surface area (TPSA) is 25.2 Å². The van der Waals surface area contributed by atoms with E-state index in [0.29, 0.717) is 13.0 Å². The summed E-state index contributed by atoms with van der Waals surface area (Å²) in [5.41, 5.74) is 1.82. The van der Waals surface area contributed by atoms with Gasteiger partial charge in [-0.05, 0) is 34.0 Å². The second kappa shape index (κ2) is 7.91. The SMILES string of the molecule is C=CCN(CCc1c(Br)n(CC=C)c2ccccc12)C(=O)C(F)(F)F. The van der Waals surface area contributed by atoms with Crippen molar-refractivity contribution in [1.29, 1.82) is 0 Å². The summed E-state index contributed by atoms with van der Waals surface area (Å²) >= 11 is 3.53. The molecule has 7 heteroatoms. The molecule has 3 nitrogen and oxygen atoms in total. The van der Waals surface area contributed by atoms with Crippen LogP contribution in [0.2, 0.25) is 0 Å². The molecule has 0 atom stereocenters. The minimum absolute atomic E-state index is 0.0505. The number of para-hydroxylation sites is 1. The van der Waals surface area contributed by atoms with E-state index in [9.17, 15) is 18.0 Å². The van der Waals surface area contributed by atoms with Crippen LogP contribution < -0.4 is 0 Å². The van der Waals surface area contributed by atoms with E-state index in [1.165, 1.54) is 6.08 Å². The number of allylic oxidation sites excluding steroid dienone is 1. The number of carbonyl (C=O) groups is 1. The zero-order valence-electron chi connectivity index (χ0n) is 13.5. The lowest BCUT2D eigenvalue weighted by Crippen LogP contribution is -2.42. The van der Waals surface area contributed by atoms with E-state index in [4.69, 9.17) is 0 Å². The molecule has 25 heavy (non-hydrogen) atoms. The highest BCUT2D eigenvalue weighted by molar-refractivity contribution is 9.10. The Hall–Kier alpha value is -2.02. The van der Waals surface area contributed by atoms with Crippen LogP contribution in [0.15, 0.2) is 54.2 Å². The fourth-order valence-corrected chi connectivity index (χ4v) is 3.49. The lowest BCUT2D eigenvalue weighted by atomic mass is 10.1. The minimum Gasteiger partial charge on any atom is -0.331 e. The van der Waals surface area contributed by atoms with Gasteiger partial charge in [-0.25, -0.2) is 0 Å². The van der Waals surface area contributed by atoms with Crippen LogP contribution in [0.25, 0.3) is 10.9 Å². The summed E-state index contributed by atoms with van der Waals surface area (Å²) in [6.45, 7) is 7.53. The van der Waals surface area contributed by atoms with E-state index in [2.05, 4.69) is 29.1 Å². The maximum atomic E-state index is 12.7. The first-order chi connectivity index (χ1) is 11.8. The van der Waals surface area contributed by atoms with Gasteiger partial charge < -0.3 is 9.47 Å². The highest BCUT2D eigenvalue weighted by atomic mass is 79.9. The van der Waals surface area contributed by atoms with E-state index in [0.717, 1.165) is 26.0 Å². The molecule has 0 aliphatic carbocycles. The van der Waals surface area contributed by atoms with Gasteiger partial charge in [-0.3, -0.25) is 4.79 Å². The molecule has 1 aromatic carbocycles. The first-order valence-electron chi connectivity index (χ1n) is 7.64. The van der Waals surface area contributed by atoms with Gasteiger partial charge in [0.2, 0.25) is 0 Å². The van der Waals surface area contributed by atoms with Crippen molar-refractivity contribution < 1.29 is 18.0 Å². The summed E-state index contributed by atoms with van der Waals surface area (Å²) < 4.78 is 41.0. The monoisotopic (exact) mass is 414 g/mol. The number of carbonyl (C=O) groups excluding carboxylic acids is 1. The standard InChI is InChI=1S/C18H18BrF3N2O/c1-3-10-23(17(25)18(20,21)22)12-9-14-13-7-5-6-8-15(13)24(11-4-2)16(14)19/h3-8H,1-2,9-12H2. The normalized spacial score (nSPS) is 11.5. The molecule has 0 radical (unpaired) electrons. The number of rotatable bonds is 7. The summed E-state index contributed by atoms with van der Waals surface area (Å²) in [4.78, 5) is 12.3. The Morgan fingerprint density at radius 3 is 2.52 bits per heavy atom. The van der Waals surface area contributed by atoms with Gasteiger partial charge in [0.25, 0.3) is 0 Å². The van der Waals surface area contributed by atoms with E-state index >= 15 is 0 Å². The molecule has 0 aliphatic rings. The number of halogens is 4. The van der Waals surface area contributed by atoms with Crippen molar-refractivity contribution in [2.24, 2.45) is 0 Å². The molecular weight excluding hydrogens is 397 g/mol. The number of aromatic nitrogens is 1. The van der Waals surface area contributed by atoms with E-state index < -0.39 is 12.1 Å². The Morgan fingerprint density at radius 2 is 1.92 bits per heavy atom. The molecule has 0 aliphatic heterocycles. The summed E-state index contributed by atoms with van der Waals surface area (Å²) in [6.07, 6.45) is -1.56. The second-order valence-corrected chi connectivity index (χ2v) is 6.22. The van der Waals surface area contributed by atoms with Crippen molar-refractivity contribution in [3.63, 3.8) is 0 Å². The van der Waals surface area contributed by atoms with Crippen molar-refractivity contribution in [2.45, 2.75) is 19.1 Å². The Morgan fingerprint density at radius 1 is 1.24 bits per heavy atom. The van der Waals surface area contributed by atoms with Gasteiger partial charge >= 0.3 is 12.1 Å². The van der Waals surface area contributed by atoms with Crippen molar-refractivity contribution in [3.8, 4) is 0 Å². The Balaban J connectivity index is 2.33. The van der Waals surface area contributed by atoms with Crippen LogP contribution >= 0.6 is 15.9 Å². The van der Waals surface area contributed by atoms with Crippen LogP contribution in [0, 0.1) is 0 Å². The molecule has 1 heterocycles. The predicted octanol–water partition coefficient (Wildman–Crippen LogP) is 4.71. The van der Waals surface area contributed by atoms with Crippen molar-refractivity contribution in [1.82, 2.24) is 9.47 Å². The smallest absolute Gasteiger partial charge is 0.331 e. The van der Waals surface area contributed by atoms with Crippen molar-refractivity contribution in [2.75, 3.05) is 13.1 Å². The molecule has 0 bridgehead atoms. The third-order valence-electron chi connectivity index (χ3n) is 3.83. The van der Waals surface area contributed by atoms with Crippen molar-refractivity contribution in [3.05, 3.63) is 59.7 Å². The highest BCUT2D eigenvalue weighted by Gasteiger charge is 2.42. The number of nitrogens with zero attached hydrogens (tertiary/aromatic N) is 2. The average Bonchev–Trinajstić information content (AvgIpc) is 2.83. The van der Waals surface area contributed by atoms with Gasteiger partial charge in [0.1, 0.15) is 0 Å². The van der Waals surface area contributed by atoms with E-state index in [-0.39, 0.29) is 13.1 Å². The molecule has 0 saturated heterocycles. The number of benzene rings is 1. The van der Waals surface area contributed by atoms with Crippen LogP contribution in [-0.4, -0.2) is 34.6 Å². The number of hydrogen-bond acceptors (Lipinski definition) is 1. The summed E-state index contributed by atoms with van der Waals surface area (Å²) in [5, 5.41) is 0.939. The predicted molar refractivity (Wildman–Crippen MR) is 96.4 cm³/mol. The summed E-state index contributed by atoms with van der Waals surface area (Å²) in [5.74, 6) is -1.85. The zero-order chi connectivity index (χ0) is 18.6. The van der Waals surface area contributed by atoms with Crippen LogP contribution in [0.4, 0.5) is 13.2 Å². The lowest BCUT2D eigenvalue weighted by molar-refractivity contribution is -0.184. The fraction of sp³-hybridized carbons (Fsp3) is 0.278. The molecule has 0 spiro atoms. The van der Waals surface area contributed by atoms with Crippen molar-refractivity contribution >= 4 is 32.7 Å². The molecule has 0 saturated carbocycles. The fourth-order valence-electron chi connectivity index (χ4n) is 2.75. The van der Waals surface area contributed by atoms with Gasteiger partial charge in [0.05, 0.1) is 4.60 Å². The number of fused-ring (bicyclic) bond motifs is 1. The molecule has 0 N–H and O–H groups in total. The van der Waals surface area contributed by atoms with Gasteiger partial charge in [0, 0.05) is 30.5 Å². The Labute approximate surface area is 152 Å². The minimum atomic E-state index is -4.89. The number of alkyl halides is 3. The van der Waals surface area contributed by atoms with Crippen LogP contribution in [0.3, 0.4) is 0 Å². The number of hydrogen-bond donors (Lipinski definition) is 0. The Bertz CT molecular complexity index is 795. The molecule has 0 fully saturated rings. The lowest BCUT2D eigenvalue weighted by Gasteiger charge is -2.22. The Kier molecular flexibility index (Phi) is 6.11.